The summed E-state index contributed by atoms with van der Waals surface area (Å²) in [6.07, 6.45) is 1.99. The van der Waals surface area contributed by atoms with Gasteiger partial charge in [-0.15, -0.1) is 0 Å². The second kappa shape index (κ2) is 7.47. The maximum absolute atomic E-state index is 12.7. The number of nitrogen functional groups attached to an aromatic ring is 1. The molecule has 0 aliphatic carbocycles. The minimum atomic E-state index is 0.0844. The number of rotatable bonds is 5. The van der Waals surface area contributed by atoms with E-state index in [4.69, 9.17) is 10.5 Å². The van der Waals surface area contributed by atoms with Crippen molar-refractivity contribution in [3.05, 3.63) is 53.6 Å². The summed E-state index contributed by atoms with van der Waals surface area (Å²) in [6.45, 7) is 1.77. The Morgan fingerprint density at radius 1 is 1.24 bits per heavy atom. The van der Waals surface area contributed by atoms with Gasteiger partial charge in [0.2, 0.25) is 5.91 Å². The van der Waals surface area contributed by atoms with Crippen LogP contribution in [0, 0.1) is 0 Å². The molecule has 5 heteroatoms. The molecule has 0 aromatic heterocycles. The van der Waals surface area contributed by atoms with E-state index in [-0.39, 0.29) is 5.91 Å². The lowest BCUT2D eigenvalue weighted by Gasteiger charge is -2.32. The Morgan fingerprint density at radius 2 is 2.04 bits per heavy atom. The van der Waals surface area contributed by atoms with Crippen LogP contribution in [0.15, 0.2) is 42.5 Å². The van der Waals surface area contributed by atoms with Gasteiger partial charge in [0.05, 0.1) is 13.7 Å². The van der Waals surface area contributed by atoms with E-state index >= 15 is 0 Å². The maximum Gasteiger partial charge on any atom is 0.242 e. The molecular formula is C20H25N3O2. The number of carbonyl (C=O) groups excluding carboxylic acids is 1. The fraction of sp³-hybridized carbons (Fsp3) is 0.350. The highest BCUT2D eigenvalue weighted by Gasteiger charge is 2.22. The van der Waals surface area contributed by atoms with Gasteiger partial charge in [-0.05, 0) is 36.6 Å². The second-order valence-corrected chi connectivity index (χ2v) is 6.43. The van der Waals surface area contributed by atoms with Crippen LogP contribution in [0.25, 0.3) is 0 Å². The minimum absolute atomic E-state index is 0.0844. The van der Waals surface area contributed by atoms with Crippen LogP contribution in [-0.4, -0.2) is 38.1 Å². The molecule has 1 aliphatic rings. The van der Waals surface area contributed by atoms with Crippen LogP contribution in [-0.2, 0) is 17.8 Å². The first-order chi connectivity index (χ1) is 12.1. The van der Waals surface area contributed by atoms with E-state index in [1.165, 1.54) is 0 Å². The van der Waals surface area contributed by atoms with Crippen LogP contribution < -0.4 is 15.4 Å². The molecule has 132 valence electrons. The summed E-state index contributed by atoms with van der Waals surface area (Å²) in [5.41, 5.74) is 10.2. The molecule has 0 fully saturated rings. The largest absolute Gasteiger partial charge is 0.496 e. The van der Waals surface area contributed by atoms with Gasteiger partial charge in [0.25, 0.3) is 0 Å². The van der Waals surface area contributed by atoms with Crippen molar-refractivity contribution in [2.24, 2.45) is 0 Å². The van der Waals surface area contributed by atoms with Gasteiger partial charge < -0.3 is 20.3 Å². The van der Waals surface area contributed by atoms with Crippen LogP contribution in [0.4, 0.5) is 11.4 Å². The number of nitrogens with zero attached hydrogens (tertiary/aromatic N) is 2. The monoisotopic (exact) mass is 339 g/mol. The summed E-state index contributed by atoms with van der Waals surface area (Å²) in [5, 5.41) is 0. The summed E-state index contributed by atoms with van der Waals surface area (Å²) in [6, 6.07) is 13.7. The average molecular weight is 339 g/mol. The molecular weight excluding hydrogens is 314 g/mol. The van der Waals surface area contributed by atoms with Crippen LogP contribution in [0.1, 0.15) is 17.5 Å². The number of hydrogen-bond acceptors (Lipinski definition) is 4. The normalized spacial score (nSPS) is 13.3. The first-order valence-electron chi connectivity index (χ1n) is 8.58. The number of likely N-dealkylation sites (N-methyl/N-ethyl adjacent to an activating group) is 1. The topological polar surface area (TPSA) is 58.8 Å². The van der Waals surface area contributed by atoms with Gasteiger partial charge in [-0.2, -0.15) is 0 Å². The highest BCUT2D eigenvalue weighted by atomic mass is 16.5. The fourth-order valence-corrected chi connectivity index (χ4v) is 3.35. The third kappa shape index (κ3) is 3.71. The number of fused-ring (bicyclic) bond motifs is 1. The lowest BCUT2D eigenvalue weighted by Crippen LogP contribution is -2.40. The molecule has 5 nitrogen and oxygen atoms in total. The lowest BCUT2D eigenvalue weighted by atomic mass is 10.00. The molecule has 0 bridgehead atoms. The van der Waals surface area contributed by atoms with Crippen molar-refractivity contribution in [3.63, 3.8) is 0 Å². The van der Waals surface area contributed by atoms with Crippen LogP contribution in [0.3, 0.4) is 0 Å². The number of para-hydroxylation sites is 1. The number of carbonyl (C=O) groups is 1. The molecule has 0 atom stereocenters. The number of ether oxygens (including phenoxy) is 1. The van der Waals surface area contributed by atoms with Gasteiger partial charge in [-0.3, -0.25) is 4.79 Å². The van der Waals surface area contributed by atoms with E-state index in [0.29, 0.717) is 13.1 Å². The van der Waals surface area contributed by atoms with E-state index < -0.39 is 0 Å². The molecule has 2 aromatic carbocycles. The molecule has 25 heavy (non-hydrogen) atoms. The van der Waals surface area contributed by atoms with Gasteiger partial charge in [0.1, 0.15) is 5.75 Å². The molecule has 1 aliphatic heterocycles. The highest BCUT2D eigenvalue weighted by Crippen LogP contribution is 2.31. The zero-order valence-corrected chi connectivity index (χ0v) is 14.9. The SMILES string of the molecule is COc1ccccc1CN(C)C(=O)CN1CCCc2c(N)cccc21. The van der Waals surface area contributed by atoms with Crippen LogP contribution >= 0.6 is 0 Å². The van der Waals surface area contributed by atoms with Crippen molar-refractivity contribution < 1.29 is 9.53 Å². The molecule has 0 saturated heterocycles. The maximum atomic E-state index is 12.7. The van der Waals surface area contributed by atoms with E-state index in [9.17, 15) is 4.79 Å². The zero-order chi connectivity index (χ0) is 17.8. The Morgan fingerprint density at radius 3 is 2.84 bits per heavy atom. The summed E-state index contributed by atoms with van der Waals surface area (Å²) in [7, 11) is 3.48. The number of nitrogens with two attached hydrogens (primary N) is 1. The van der Waals surface area contributed by atoms with Crippen molar-refractivity contribution >= 4 is 17.3 Å². The smallest absolute Gasteiger partial charge is 0.242 e. The van der Waals surface area contributed by atoms with Crippen molar-refractivity contribution in [1.82, 2.24) is 4.90 Å². The Kier molecular flexibility index (Phi) is 5.12. The number of methoxy groups -OCH3 is 1. The van der Waals surface area contributed by atoms with Gasteiger partial charge in [0.15, 0.2) is 0 Å². The summed E-state index contributed by atoms with van der Waals surface area (Å²) >= 11 is 0. The van der Waals surface area contributed by atoms with E-state index in [1.807, 2.05) is 43.4 Å². The Bertz CT molecular complexity index is 760. The molecule has 0 radical (unpaired) electrons. The second-order valence-electron chi connectivity index (χ2n) is 6.43. The van der Waals surface area contributed by atoms with Crippen LogP contribution in [0.2, 0.25) is 0 Å². The van der Waals surface area contributed by atoms with E-state index in [2.05, 4.69) is 11.0 Å². The minimum Gasteiger partial charge on any atom is -0.496 e. The summed E-state index contributed by atoms with van der Waals surface area (Å²) in [4.78, 5) is 16.6. The standard InChI is InChI=1S/C20H25N3O2/c1-22(13-15-7-3-4-11-19(15)25-2)20(24)14-23-12-6-8-16-17(21)9-5-10-18(16)23/h3-5,7,9-11H,6,8,12-14,21H2,1-2H3. The first-order valence-corrected chi connectivity index (χ1v) is 8.58. The summed E-state index contributed by atoms with van der Waals surface area (Å²) in [5.74, 6) is 0.888. The number of amides is 1. The van der Waals surface area contributed by atoms with E-state index in [0.717, 1.165) is 47.6 Å². The predicted octanol–water partition coefficient (Wildman–Crippen LogP) is 2.69. The molecule has 3 rings (SSSR count). The highest BCUT2D eigenvalue weighted by molar-refractivity contribution is 5.82. The van der Waals surface area contributed by atoms with Gasteiger partial charge >= 0.3 is 0 Å². The molecule has 0 spiro atoms. The Hall–Kier alpha value is -2.69. The third-order valence-electron chi connectivity index (χ3n) is 4.73. The molecule has 0 unspecified atom stereocenters. The van der Waals surface area contributed by atoms with Gasteiger partial charge in [-0.25, -0.2) is 0 Å². The third-order valence-corrected chi connectivity index (χ3v) is 4.73. The summed E-state index contributed by atoms with van der Waals surface area (Å²) < 4.78 is 5.37. The van der Waals surface area contributed by atoms with E-state index in [1.54, 1.807) is 12.0 Å². The van der Waals surface area contributed by atoms with Crippen molar-refractivity contribution in [3.8, 4) is 5.75 Å². The van der Waals surface area contributed by atoms with Gasteiger partial charge in [0, 0.05) is 37.1 Å². The van der Waals surface area contributed by atoms with Crippen molar-refractivity contribution in [2.75, 3.05) is 37.9 Å². The number of benzene rings is 2. The molecule has 1 amide bonds. The first kappa shape index (κ1) is 17.1. The van der Waals surface area contributed by atoms with Gasteiger partial charge in [-0.1, -0.05) is 24.3 Å². The quantitative estimate of drug-likeness (QED) is 0.851. The average Bonchev–Trinajstić information content (AvgIpc) is 2.63. The Labute approximate surface area is 149 Å². The molecule has 2 aromatic rings. The fourth-order valence-electron chi connectivity index (χ4n) is 3.35. The predicted molar refractivity (Wildman–Crippen MR) is 101 cm³/mol. The van der Waals surface area contributed by atoms with Crippen molar-refractivity contribution in [1.29, 1.82) is 0 Å². The number of anilines is 2. The van der Waals surface area contributed by atoms with Crippen LogP contribution in [0.5, 0.6) is 5.75 Å². The molecule has 2 N–H and O–H groups in total. The van der Waals surface area contributed by atoms with Crippen molar-refractivity contribution in [2.45, 2.75) is 19.4 Å². The molecule has 0 saturated carbocycles. The number of hydrogen-bond donors (Lipinski definition) is 1. The zero-order valence-electron chi connectivity index (χ0n) is 14.9. The molecule has 1 heterocycles. The lowest BCUT2D eigenvalue weighted by molar-refractivity contribution is -0.129. The Balaban J connectivity index is 1.70.